The van der Waals surface area contributed by atoms with Crippen molar-refractivity contribution in [1.29, 1.82) is 0 Å². The minimum atomic E-state index is -0.188. The molecule has 0 unspecified atom stereocenters. The van der Waals surface area contributed by atoms with Crippen LogP contribution in [0, 0.1) is 0 Å². The monoisotopic (exact) mass is 396 g/mol. The van der Waals surface area contributed by atoms with Gasteiger partial charge in [0.05, 0.1) is 11.0 Å². The van der Waals surface area contributed by atoms with E-state index in [-0.39, 0.29) is 5.91 Å². The summed E-state index contributed by atoms with van der Waals surface area (Å²) < 4.78 is 0. The van der Waals surface area contributed by atoms with Crippen molar-refractivity contribution in [3.8, 4) is 11.1 Å². The fourth-order valence-electron chi connectivity index (χ4n) is 4.28. The summed E-state index contributed by atoms with van der Waals surface area (Å²) in [4.78, 5) is 25.3. The number of pyridine rings is 1. The van der Waals surface area contributed by atoms with Crippen molar-refractivity contribution in [2.75, 3.05) is 0 Å². The van der Waals surface area contributed by atoms with Gasteiger partial charge in [-0.2, -0.15) is 0 Å². The molecular weight excluding hydrogens is 372 g/mol. The predicted octanol–water partition coefficient (Wildman–Crippen LogP) is 5.21. The average Bonchev–Trinajstić information content (AvgIpc) is 3.48. The Kier molecular flexibility index (Phi) is 5.01. The van der Waals surface area contributed by atoms with E-state index in [1.54, 1.807) is 6.20 Å². The average molecular weight is 396 g/mol. The number of hydrogen-bond donors (Lipinski definition) is 2. The van der Waals surface area contributed by atoms with Crippen LogP contribution in [0.1, 0.15) is 53.5 Å². The molecular formula is C25H24N4O. The lowest BCUT2D eigenvalue weighted by molar-refractivity contribution is 0.0947. The number of carbonyl (C=O) groups excluding carboxylic acids is 1. The number of aromatic nitrogens is 3. The van der Waals surface area contributed by atoms with E-state index in [2.05, 4.69) is 39.6 Å². The molecule has 1 fully saturated rings. The topological polar surface area (TPSA) is 70.7 Å². The summed E-state index contributed by atoms with van der Waals surface area (Å²) in [7, 11) is 0. The molecule has 5 rings (SSSR count). The second-order valence-corrected chi connectivity index (χ2v) is 7.91. The Morgan fingerprint density at radius 1 is 1.00 bits per heavy atom. The van der Waals surface area contributed by atoms with Gasteiger partial charge in [0.15, 0.2) is 5.69 Å². The van der Waals surface area contributed by atoms with Gasteiger partial charge in [0.1, 0.15) is 5.82 Å². The Morgan fingerprint density at radius 3 is 2.63 bits per heavy atom. The normalized spacial score (nSPS) is 14.3. The van der Waals surface area contributed by atoms with Crippen molar-refractivity contribution < 1.29 is 4.79 Å². The number of H-pyrrole nitrogens is 1. The van der Waals surface area contributed by atoms with Crippen molar-refractivity contribution >= 4 is 16.9 Å². The SMILES string of the molecule is O=C(NCc1cccc(-c2ccccc2)c1)c1nccc2nc(C3CCCC3)[nH]c12. The van der Waals surface area contributed by atoms with Gasteiger partial charge in [-0.1, -0.05) is 61.4 Å². The lowest BCUT2D eigenvalue weighted by Gasteiger charge is -2.08. The highest BCUT2D eigenvalue weighted by molar-refractivity contribution is 6.02. The molecule has 2 N–H and O–H groups in total. The molecule has 0 bridgehead atoms. The van der Waals surface area contributed by atoms with Crippen LogP contribution in [0.15, 0.2) is 66.9 Å². The Labute approximate surface area is 175 Å². The van der Waals surface area contributed by atoms with E-state index >= 15 is 0 Å². The highest BCUT2D eigenvalue weighted by atomic mass is 16.1. The highest BCUT2D eigenvalue weighted by Gasteiger charge is 2.22. The number of aromatic amines is 1. The van der Waals surface area contributed by atoms with Gasteiger partial charge in [0.2, 0.25) is 0 Å². The smallest absolute Gasteiger partial charge is 0.272 e. The molecule has 5 nitrogen and oxygen atoms in total. The summed E-state index contributed by atoms with van der Waals surface area (Å²) >= 11 is 0. The Bertz CT molecular complexity index is 1180. The lowest BCUT2D eigenvalue weighted by Crippen LogP contribution is -2.24. The molecule has 0 atom stereocenters. The van der Waals surface area contributed by atoms with E-state index in [4.69, 9.17) is 4.98 Å². The molecule has 30 heavy (non-hydrogen) atoms. The quantitative estimate of drug-likeness (QED) is 0.486. The maximum absolute atomic E-state index is 12.9. The maximum atomic E-state index is 12.9. The summed E-state index contributed by atoms with van der Waals surface area (Å²) in [6, 6.07) is 20.3. The third-order valence-corrected chi connectivity index (χ3v) is 5.87. The van der Waals surface area contributed by atoms with E-state index in [1.807, 2.05) is 36.4 Å². The summed E-state index contributed by atoms with van der Waals surface area (Å²) in [5, 5.41) is 3.02. The van der Waals surface area contributed by atoms with Crippen LogP contribution in [-0.2, 0) is 6.54 Å². The van der Waals surface area contributed by atoms with Gasteiger partial charge in [0, 0.05) is 18.7 Å². The van der Waals surface area contributed by atoms with Crippen LogP contribution in [0.3, 0.4) is 0 Å². The number of rotatable bonds is 5. The molecule has 2 aromatic carbocycles. The molecule has 0 spiro atoms. The molecule has 5 heteroatoms. The summed E-state index contributed by atoms with van der Waals surface area (Å²) in [6.07, 6.45) is 6.47. The third kappa shape index (κ3) is 3.71. The second-order valence-electron chi connectivity index (χ2n) is 7.91. The number of nitrogens with zero attached hydrogens (tertiary/aromatic N) is 2. The second kappa shape index (κ2) is 8.11. The molecule has 2 heterocycles. The first-order chi connectivity index (χ1) is 14.8. The van der Waals surface area contributed by atoms with Crippen LogP contribution in [0.2, 0.25) is 0 Å². The molecule has 150 valence electrons. The molecule has 1 saturated carbocycles. The highest BCUT2D eigenvalue weighted by Crippen LogP contribution is 2.33. The van der Waals surface area contributed by atoms with E-state index in [9.17, 15) is 4.79 Å². The largest absolute Gasteiger partial charge is 0.347 e. The number of hydrogen-bond acceptors (Lipinski definition) is 3. The zero-order valence-electron chi connectivity index (χ0n) is 16.8. The van der Waals surface area contributed by atoms with Crippen LogP contribution in [0.4, 0.5) is 0 Å². The predicted molar refractivity (Wildman–Crippen MR) is 118 cm³/mol. The molecule has 1 aliphatic carbocycles. The summed E-state index contributed by atoms with van der Waals surface area (Å²) in [5.41, 5.74) is 5.29. The van der Waals surface area contributed by atoms with Gasteiger partial charge >= 0.3 is 0 Å². The van der Waals surface area contributed by atoms with E-state index in [0.717, 1.165) is 46.4 Å². The van der Waals surface area contributed by atoms with Crippen LogP contribution in [-0.4, -0.2) is 20.9 Å². The van der Waals surface area contributed by atoms with Crippen LogP contribution < -0.4 is 5.32 Å². The van der Waals surface area contributed by atoms with Gasteiger partial charge in [-0.05, 0) is 41.7 Å². The first-order valence-corrected chi connectivity index (χ1v) is 10.5. The van der Waals surface area contributed by atoms with Crippen molar-refractivity contribution in [2.45, 2.75) is 38.1 Å². The third-order valence-electron chi connectivity index (χ3n) is 5.87. The lowest BCUT2D eigenvalue weighted by atomic mass is 10.0. The number of imidazole rings is 1. The first-order valence-electron chi connectivity index (χ1n) is 10.5. The zero-order valence-corrected chi connectivity index (χ0v) is 16.8. The van der Waals surface area contributed by atoms with Gasteiger partial charge < -0.3 is 10.3 Å². The molecule has 1 aliphatic rings. The minimum Gasteiger partial charge on any atom is -0.347 e. The van der Waals surface area contributed by atoms with Crippen molar-refractivity contribution in [2.24, 2.45) is 0 Å². The number of fused-ring (bicyclic) bond motifs is 1. The number of amides is 1. The molecule has 0 saturated heterocycles. The van der Waals surface area contributed by atoms with Crippen molar-refractivity contribution in [1.82, 2.24) is 20.3 Å². The number of carbonyl (C=O) groups is 1. The maximum Gasteiger partial charge on any atom is 0.272 e. The van der Waals surface area contributed by atoms with Crippen molar-refractivity contribution in [3.63, 3.8) is 0 Å². The van der Waals surface area contributed by atoms with E-state index in [1.165, 1.54) is 12.8 Å². The fraction of sp³-hybridized carbons (Fsp3) is 0.240. The fourth-order valence-corrected chi connectivity index (χ4v) is 4.28. The number of nitrogens with one attached hydrogen (secondary N) is 2. The molecule has 0 aliphatic heterocycles. The Morgan fingerprint density at radius 2 is 1.80 bits per heavy atom. The van der Waals surface area contributed by atoms with Gasteiger partial charge in [-0.25, -0.2) is 9.97 Å². The van der Waals surface area contributed by atoms with Crippen LogP contribution >= 0.6 is 0 Å². The van der Waals surface area contributed by atoms with Gasteiger partial charge in [-0.3, -0.25) is 4.79 Å². The van der Waals surface area contributed by atoms with Crippen molar-refractivity contribution in [3.05, 3.63) is 83.9 Å². The zero-order chi connectivity index (χ0) is 20.3. The molecule has 4 aromatic rings. The van der Waals surface area contributed by atoms with Gasteiger partial charge in [0.25, 0.3) is 5.91 Å². The van der Waals surface area contributed by atoms with E-state index < -0.39 is 0 Å². The minimum absolute atomic E-state index is 0.188. The van der Waals surface area contributed by atoms with E-state index in [0.29, 0.717) is 18.2 Å². The molecule has 0 radical (unpaired) electrons. The van der Waals surface area contributed by atoms with Crippen LogP contribution in [0.5, 0.6) is 0 Å². The summed E-state index contributed by atoms with van der Waals surface area (Å²) in [5.74, 6) is 1.27. The molecule has 1 amide bonds. The molecule has 2 aromatic heterocycles. The standard InChI is InChI=1S/C25H24N4O/c30-25(27-16-17-7-6-12-20(15-17)18-8-2-1-3-9-18)23-22-21(13-14-26-23)28-24(29-22)19-10-4-5-11-19/h1-3,6-9,12-15,19H,4-5,10-11,16H2,(H,27,30)(H,28,29). The summed E-state index contributed by atoms with van der Waals surface area (Å²) in [6.45, 7) is 0.446. The Balaban J connectivity index is 1.34. The number of benzene rings is 2. The van der Waals surface area contributed by atoms with Gasteiger partial charge in [-0.15, -0.1) is 0 Å². The van der Waals surface area contributed by atoms with Crippen LogP contribution in [0.25, 0.3) is 22.2 Å². The Hall–Kier alpha value is -3.47. The first kappa shape index (κ1) is 18.6.